The van der Waals surface area contributed by atoms with E-state index in [0.717, 1.165) is 15.7 Å². The molecule has 19 heavy (non-hydrogen) atoms. The zero-order valence-corrected chi connectivity index (χ0v) is 12.3. The predicted octanol–water partition coefficient (Wildman–Crippen LogP) is 2.01. The third kappa shape index (κ3) is 2.85. The molecule has 1 aromatic heterocycles. The Balaban J connectivity index is 2.52. The van der Waals surface area contributed by atoms with Gasteiger partial charge in [0.25, 0.3) is 5.91 Å². The third-order valence-corrected chi connectivity index (χ3v) is 3.50. The molecule has 0 radical (unpaired) electrons. The number of benzene rings is 1. The molecule has 0 aliphatic heterocycles. The van der Waals surface area contributed by atoms with Crippen LogP contribution in [0.25, 0.3) is 5.69 Å². The maximum absolute atomic E-state index is 11.1. The van der Waals surface area contributed by atoms with E-state index in [4.69, 9.17) is 5.73 Å². The fourth-order valence-corrected chi connectivity index (χ4v) is 2.17. The second kappa shape index (κ2) is 5.54. The maximum atomic E-state index is 11.1. The lowest BCUT2D eigenvalue weighted by atomic mass is 10.1. The number of carbonyl (C=O) groups excluding carboxylic acids is 1. The van der Waals surface area contributed by atoms with Gasteiger partial charge in [-0.2, -0.15) is 5.10 Å². The van der Waals surface area contributed by atoms with Crippen molar-refractivity contribution in [1.82, 2.24) is 15.1 Å². The lowest BCUT2D eigenvalue weighted by Crippen LogP contribution is -2.15. The Hall–Kier alpha value is -1.66. The van der Waals surface area contributed by atoms with Crippen LogP contribution in [0.3, 0.4) is 0 Å². The number of nitrogens with zero attached hydrogens (tertiary/aromatic N) is 2. The van der Waals surface area contributed by atoms with Gasteiger partial charge in [0.2, 0.25) is 0 Å². The number of nitrogens with one attached hydrogen (secondary N) is 1. The first-order valence-corrected chi connectivity index (χ1v) is 6.63. The number of halogens is 1. The molecule has 6 heteroatoms. The van der Waals surface area contributed by atoms with Gasteiger partial charge in [0.05, 0.1) is 17.4 Å². The van der Waals surface area contributed by atoms with E-state index in [-0.39, 0.29) is 6.04 Å². The zero-order valence-electron chi connectivity index (χ0n) is 10.7. The molecule has 1 aromatic carbocycles. The largest absolute Gasteiger partial charge is 0.366 e. The highest BCUT2D eigenvalue weighted by atomic mass is 79.9. The van der Waals surface area contributed by atoms with Gasteiger partial charge in [0, 0.05) is 16.7 Å². The van der Waals surface area contributed by atoms with Gasteiger partial charge in [-0.3, -0.25) is 4.79 Å². The summed E-state index contributed by atoms with van der Waals surface area (Å²) in [7, 11) is 1.90. The van der Waals surface area contributed by atoms with Crippen LogP contribution in [0.4, 0.5) is 0 Å². The smallest absolute Gasteiger partial charge is 0.251 e. The highest BCUT2D eigenvalue weighted by Gasteiger charge is 2.13. The summed E-state index contributed by atoms with van der Waals surface area (Å²) in [6, 6.07) is 6.13. The molecule has 1 amide bonds. The summed E-state index contributed by atoms with van der Waals surface area (Å²) in [5.41, 5.74) is 7.63. The van der Waals surface area contributed by atoms with Crippen molar-refractivity contribution in [3.8, 4) is 5.69 Å². The van der Waals surface area contributed by atoms with Gasteiger partial charge in [0.1, 0.15) is 0 Å². The summed E-state index contributed by atoms with van der Waals surface area (Å²) < 4.78 is 2.61. The number of amides is 1. The van der Waals surface area contributed by atoms with Gasteiger partial charge in [-0.25, -0.2) is 4.68 Å². The fraction of sp³-hybridized carbons (Fsp3) is 0.231. The fourth-order valence-electron chi connectivity index (χ4n) is 1.82. The molecule has 0 aliphatic carbocycles. The molecular formula is C13H15BrN4O. The Kier molecular flexibility index (Phi) is 4.01. The minimum Gasteiger partial charge on any atom is -0.366 e. The van der Waals surface area contributed by atoms with Gasteiger partial charge in [0.15, 0.2) is 0 Å². The van der Waals surface area contributed by atoms with Gasteiger partial charge in [-0.15, -0.1) is 0 Å². The molecule has 1 atom stereocenters. The molecule has 100 valence electrons. The van der Waals surface area contributed by atoms with E-state index in [9.17, 15) is 4.79 Å². The molecule has 2 rings (SSSR count). The number of carbonyl (C=O) groups is 1. The average molecular weight is 323 g/mol. The molecule has 3 N–H and O–H groups in total. The van der Waals surface area contributed by atoms with E-state index in [2.05, 4.69) is 33.3 Å². The number of primary amides is 1. The first-order chi connectivity index (χ1) is 9.02. The van der Waals surface area contributed by atoms with E-state index < -0.39 is 5.91 Å². The molecule has 5 nitrogen and oxygen atoms in total. The molecule has 2 aromatic rings. The summed E-state index contributed by atoms with van der Waals surface area (Å²) in [5, 5.41) is 7.39. The van der Waals surface area contributed by atoms with Gasteiger partial charge < -0.3 is 11.1 Å². The second-order valence-electron chi connectivity index (χ2n) is 4.25. The van der Waals surface area contributed by atoms with E-state index in [1.165, 1.54) is 6.20 Å². The minimum atomic E-state index is -0.482. The quantitative estimate of drug-likeness (QED) is 0.904. The summed E-state index contributed by atoms with van der Waals surface area (Å²) in [6.45, 7) is 2.06. The molecule has 0 spiro atoms. The van der Waals surface area contributed by atoms with Crippen LogP contribution in [-0.2, 0) is 0 Å². The van der Waals surface area contributed by atoms with E-state index in [1.807, 2.05) is 25.2 Å². The molecule has 0 bridgehead atoms. The topological polar surface area (TPSA) is 72.9 Å². The van der Waals surface area contributed by atoms with Crippen molar-refractivity contribution in [1.29, 1.82) is 0 Å². The third-order valence-electron chi connectivity index (χ3n) is 3.01. The van der Waals surface area contributed by atoms with E-state index in [1.54, 1.807) is 10.9 Å². The van der Waals surface area contributed by atoms with Crippen LogP contribution in [0.15, 0.2) is 35.1 Å². The number of rotatable bonds is 4. The van der Waals surface area contributed by atoms with Crippen molar-refractivity contribution in [3.63, 3.8) is 0 Å². The molecule has 0 saturated heterocycles. The van der Waals surface area contributed by atoms with Crippen molar-refractivity contribution >= 4 is 21.8 Å². The number of aromatic nitrogens is 2. The molecule has 1 heterocycles. The zero-order chi connectivity index (χ0) is 14.0. The summed E-state index contributed by atoms with van der Waals surface area (Å²) in [6.07, 6.45) is 3.10. The minimum absolute atomic E-state index is 0.171. The van der Waals surface area contributed by atoms with Crippen LogP contribution >= 0.6 is 15.9 Å². The summed E-state index contributed by atoms with van der Waals surface area (Å²) in [5.74, 6) is -0.482. The molecular weight excluding hydrogens is 308 g/mol. The Labute approximate surface area is 119 Å². The monoisotopic (exact) mass is 322 g/mol. The first kappa shape index (κ1) is 13.8. The van der Waals surface area contributed by atoms with Crippen LogP contribution in [0.5, 0.6) is 0 Å². The number of hydrogen-bond donors (Lipinski definition) is 2. The lowest BCUT2D eigenvalue weighted by molar-refractivity contribution is 0.100. The van der Waals surface area contributed by atoms with Crippen molar-refractivity contribution in [2.75, 3.05) is 7.05 Å². The Morgan fingerprint density at radius 1 is 1.53 bits per heavy atom. The molecule has 0 aliphatic rings. The number of nitrogens with two attached hydrogens (primary N) is 1. The second-order valence-corrected chi connectivity index (χ2v) is 5.17. The standard InChI is InChI=1S/C13H15BrN4O/c1-8(16-2)11-4-3-10(14)5-12(11)18-7-9(6-17-18)13(15)19/h3-8,16H,1-2H3,(H2,15,19). The normalized spacial score (nSPS) is 12.4. The highest BCUT2D eigenvalue weighted by molar-refractivity contribution is 9.10. The van der Waals surface area contributed by atoms with Gasteiger partial charge in [-0.05, 0) is 31.7 Å². The number of hydrogen-bond acceptors (Lipinski definition) is 3. The van der Waals surface area contributed by atoms with E-state index >= 15 is 0 Å². The van der Waals surface area contributed by atoms with Crippen LogP contribution in [0, 0.1) is 0 Å². The van der Waals surface area contributed by atoms with Crippen LogP contribution in [-0.4, -0.2) is 22.7 Å². The van der Waals surface area contributed by atoms with Gasteiger partial charge in [-0.1, -0.05) is 22.0 Å². The van der Waals surface area contributed by atoms with Crippen molar-refractivity contribution in [2.45, 2.75) is 13.0 Å². The van der Waals surface area contributed by atoms with Crippen molar-refractivity contribution in [3.05, 3.63) is 46.2 Å². The molecule has 1 unspecified atom stereocenters. The predicted molar refractivity (Wildman–Crippen MR) is 77.3 cm³/mol. The molecule has 0 saturated carbocycles. The molecule has 0 fully saturated rings. The van der Waals surface area contributed by atoms with Crippen LogP contribution in [0.2, 0.25) is 0 Å². The maximum Gasteiger partial charge on any atom is 0.251 e. The highest BCUT2D eigenvalue weighted by Crippen LogP contribution is 2.25. The van der Waals surface area contributed by atoms with Crippen LogP contribution in [0.1, 0.15) is 28.9 Å². The Bertz CT molecular complexity index is 608. The SMILES string of the molecule is CNC(C)c1ccc(Br)cc1-n1cc(C(N)=O)cn1. The van der Waals surface area contributed by atoms with E-state index in [0.29, 0.717) is 5.56 Å². The van der Waals surface area contributed by atoms with Crippen molar-refractivity contribution in [2.24, 2.45) is 5.73 Å². The average Bonchev–Trinajstić information content (AvgIpc) is 2.87. The van der Waals surface area contributed by atoms with Crippen LogP contribution < -0.4 is 11.1 Å². The Morgan fingerprint density at radius 2 is 2.26 bits per heavy atom. The lowest BCUT2D eigenvalue weighted by Gasteiger charge is -2.16. The first-order valence-electron chi connectivity index (χ1n) is 5.84. The van der Waals surface area contributed by atoms with Gasteiger partial charge >= 0.3 is 0 Å². The summed E-state index contributed by atoms with van der Waals surface area (Å²) >= 11 is 3.45. The van der Waals surface area contributed by atoms with Crippen molar-refractivity contribution < 1.29 is 4.79 Å². The Morgan fingerprint density at radius 3 is 2.84 bits per heavy atom. The summed E-state index contributed by atoms with van der Waals surface area (Å²) in [4.78, 5) is 11.1.